The number of carboxylic acids is 1. The molecule has 0 saturated carbocycles. The van der Waals surface area contributed by atoms with Crippen molar-refractivity contribution in [3.8, 4) is 0 Å². The maximum absolute atomic E-state index is 10.5. The summed E-state index contributed by atoms with van der Waals surface area (Å²) in [5.41, 5.74) is 0.963. The molecule has 0 bridgehead atoms. The Labute approximate surface area is 97.7 Å². The van der Waals surface area contributed by atoms with E-state index in [0.717, 1.165) is 16.3 Å². The first-order valence-corrected chi connectivity index (χ1v) is 5.29. The van der Waals surface area contributed by atoms with Crippen LogP contribution in [0.1, 0.15) is 12.0 Å². The highest BCUT2D eigenvalue weighted by Gasteiger charge is 2.03. The van der Waals surface area contributed by atoms with Gasteiger partial charge in [-0.3, -0.25) is 4.79 Å². The third kappa shape index (κ3) is 2.31. The van der Waals surface area contributed by atoms with E-state index >= 15 is 0 Å². The smallest absolute Gasteiger partial charge is 0.303 e. The number of hydrogen-bond donors (Lipinski definition) is 1. The van der Waals surface area contributed by atoms with Crippen molar-refractivity contribution in [3.05, 3.63) is 41.2 Å². The first-order valence-electron chi connectivity index (χ1n) is 4.92. The van der Waals surface area contributed by atoms with Gasteiger partial charge in [0.15, 0.2) is 0 Å². The number of halogens is 1. The lowest BCUT2D eigenvalue weighted by Gasteiger charge is -2.03. The second kappa shape index (κ2) is 4.49. The van der Waals surface area contributed by atoms with Gasteiger partial charge in [0.05, 0.1) is 0 Å². The first-order chi connectivity index (χ1) is 7.66. The van der Waals surface area contributed by atoms with Crippen molar-refractivity contribution in [2.45, 2.75) is 12.8 Å². The molecule has 4 heteroatoms. The largest absolute Gasteiger partial charge is 0.481 e. The molecule has 1 heterocycles. The molecular weight excluding hydrogens is 226 g/mol. The molecule has 3 nitrogen and oxygen atoms in total. The number of carbonyl (C=O) groups is 1. The number of aromatic nitrogens is 1. The molecule has 0 unspecified atom stereocenters. The summed E-state index contributed by atoms with van der Waals surface area (Å²) in [7, 11) is 0. The quantitative estimate of drug-likeness (QED) is 0.833. The summed E-state index contributed by atoms with van der Waals surface area (Å²) in [5.74, 6) is -0.794. The van der Waals surface area contributed by atoms with Crippen LogP contribution in [0, 0.1) is 0 Å². The van der Waals surface area contributed by atoms with Crippen LogP contribution in [0.2, 0.25) is 5.15 Å². The predicted molar refractivity (Wildman–Crippen MR) is 62.7 cm³/mol. The number of nitrogens with zero attached hydrogens (tertiary/aromatic N) is 1. The Kier molecular flexibility index (Phi) is 3.06. The van der Waals surface area contributed by atoms with E-state index in [0.29, 0.717) is 11.6 Å². The topological polar surface area (TPSA) is 50.2 Å². The van der Waals surface area contributed by atoms with Crippen molar-refractivity contribution in [1.82, 2.24) is 4.98 Å². The van der Waals surface area contributed by atoms with Crippen molar-refractivity contribution >= 4 is 28.3 Å². The Bertz CT molecular complexity index is 540. The van der Waals surface area contributed by atoms with Crippen LogP contribution < -0.4 is 0 Å². The number of hydrogen-bond acceptors (Lipinski definition) is 2. The van der Waals surface area contributed by atoms with E-state index in [9.17, 15) is 4.79 Å². The van der Waals surface area contributed by atoms with Gasteiger partial charge in [0.1, 0.15) is 5.15 Å². The molecular formula is C12H10ClNO2. The van der Waals surface area contributed by atoms with E-state index in [2.05, 4.69) is 4.98 Å². The van der Waals surface area contributed by atoms with Crippen LogP contribution in [0.4, 0.5) is 0 Å². The predicted octanol–water partition coefficient (Wildman–Crippen LogP) is 2.91. The summed E-state index contributed by atoms with van der Waals surface area (Å²) in [6.45, 7) is 0. The Morgan fingerprint density at radius 1 is 1.38 bits per heavy atom. The maximum atomic E-state index is 10.5. The lowest BCUT2D eigenvalue weighted by molar-refractivity contribution is -0.136. The number of fused-ring (bicyclic) bond motifs is 1. The van der Waals surface area contributed by atoms with Crippen molar-refractivity contribution in [3.63, 3.8) is 0 Å². The minimum Gasteiger partial charge on any atom is -0.481 e. The number of aryl methyl sites for hydroxylation is 1. The van der Waals surface area contributed by atoms with E-state index in [1.165, 1.54) is 0 Å². The van der Waals surface area contributed by atoms with Crippen molar-refractivity contribution in [2.75, 3.05) is 0 Å². The van der Waals surface area contributed by atoms with E-state index in [1.807, 2.05) is 24.3 Å². The highest BCUT2D eigenvalue weighted by molar-refractivity contribution is 6.34. The highest BCUT2D eigenvalue weighted by atomic mass is 35.5. The second-order valence-electron chi connectivity index (χ2n) is 3.55. The van der Waals surface area contributed by atoms with Crippen LogP contribution in [0.3, 0.4) is 0 Å². The lowest BCUT2D eigenvalue weighted by Crippen LogP contribution is -1.97. The third-order valence-electron chi connectivity index (χ3n) is 2.41. The molecule has 0 aliphatic rings. The minimum atomic E-state index is -0.794. The molecule has 2 aromatic rings. The van der Waals surface area contributed by atoms with Crippen LogP contribution in [-0.4, -0.2) is 16.1 Å². The van der Waals surface area contributed by atoms with Gasteiger partial charge >= 0.3 is 5.97 Å². The number of benzene rings is 1. The zero-order valence-corrected chi connectivity index (χ0v) is 9.24. The molecule has 1 N–H and O–H groups in total. The van der Waals surface area contributed by atoms with E-state index in [-0.39, 0.29) is 6.42 Å². The summed E-state index contributed by atoms with van der Waals surface area (Å²) in [6.07, 6.45) is 2.29. The molecule has 82 valence electrons. The fourth-order valence-electron chi connectivity index (χ4n) is 1.59. The summed E-state index contributed by atoms with van der Waals surface area (Å²) in [6, 6.07) is 7.62. The van der Waals surface area contributed by atoms with Gasteiger partial charge in [0, 0.05) is 18.0 Å². The maximum Gasteiger partial charge on any atom is 0.303 e. The molecule has 0 aliphatic carbocycles. The van der Waals surface area contributed by atoms with Gasteiger partial charge < -0.3 is 5.11 Å². The Hall–Kier alpha value is -1.61. The zero-order chi connectivity index (χ0) is 11.5. The van der Waals surface area contributed by atoms with Crippen LogP contribution >= 0.6 is 11.6 Å². The molecule has 1 aromatic carbocycles. The van der Waals surface area contributed by atoms with Crippen LogP contribution in [0.5, 0.6) is 0 Å². The van der Waals surface area contributed by atoms with Gasteiger partial charge in [-0.1, -0.05) is 23.7 Å². The molecule has 0 saturated heterocycles. The van der Waals surface area contributed by atoms with Crippen LogP contribution in [0.15, 0.2) is 30.5 Å². The van der Waals surface area contributed by atoms with Gasteiger partial charge in [0.2, 0.25) is 0 Å². The van der Waals surface area contributed by atoms with Gasteiger partial charge in [-0.05, 0) is 29.5 Å². The van der Waals surface area contributed by atoms with Gasteiger partial charge in [-0.25, -0.2) is 4.98 Å². The van der Waals surface area contributed by atoms with Crippen LogP contribution in [-0.2, 0) is 11.2 Å². The molecule has 0 amide bonds. The average molecular weight is 236 g/mol. The number of carboxylic acid groups (broad SMARTS) is 1. The van der Waals surface area contributed by atoms with Gasteiger partial charge in [-0.15, -0.1) is 0 Å². The highest BCUT2D eigenvalue weighted by Crippen LogP contribution is 2.22. The Balaban J connectivity index is 2.35. The Morgan fingerprint density at radius 2 is 2.19 bits per heavy atom. The first kappa shape index (κ1) is 10.9. The van der Waals surface area contributed by atoms with Crippen molar-refractivity contribution in [1.29, 1.82) is 0 Å². The number of rotatable bonds is 3. The zero-order valence-electron chi connectivity index (χ0n) is 8.48. The molecule has 0 radical (unpaired) electrons. The number of aliphatic carboxylic acids is 1. The molecule has 1 aromatic heterocycles. The molecule has 0 fully saturated rings. The summed E-state index contributed by atoms with van der Waals surface area (Å²) in [4.78, 5) is 14.5. The molecule has 16 heavy (non-hydrogen) atoms. The van der Waals surface area contributed by atoms with E-state index in [1.54, 1.807) is 6.20 Å². The molecule has 0 atom stereocenters. The SMILES string of the molecule is O=C(O)CCc1ccc2ccnc(Cl)c2c1. The number of pyridine rings is 1. The van der Waals surface area contributed by atoms with E-state index < -0.39 is 5.97 Å². The summed E-state index contributed by atoms with van der Waals surface area (Å²) in [5, 5.41) is 10.9. The molecule has 0 spiro atoms. The molecule has 0 aliphatic heterocycles. The minimum absolute atomic E-state index is 0.128. The van der Waals surface area contributed by atoms with Gasteiger partial charge in [0.25, 0.3) is 0 Å². The normalized spacial score (nSPS) is 10.6. The second-order valence-corrected chi connectivity index (χ2v) is 3.91. The van der Waals surface area contributed by atoms with Crippen molar-refractivity contribution < 1.29 is 9.90 Å². The molecule has 2 rings (SSSR count). The summed E-state index contributed by atoms with van der Waals surface area (Å²) < 4.78 is 0. The lowest BCUT2D eigenvalue weighted by atomic mass is 10.1. The van der Waals surface area contributed by atoms with Gasteiger partial charge in [-0.2, -0.15) is 0 Å². The fraction of sp³-hybridized carbons (Fsp3) is 0.167. The van der Waals surface area contributed by atoms with Crippen LogP contribution in [0.25, 0.3) is 10.8 Å². The fourth-order valence-corrected chi connectivity index (χ4v) is 1.81. The van der Waals surface area contributed by atoms with Crippen molar-refractivity contribution in [2.24, 2.45) is 0 Å². The third-order valence-corrected chi connectivity index (χ3v) is 2.71. The summed E-state index contributed by atoms with van der Waals surface area (Å²) >= 11 is 5.96. The Morgan fingerprint density at radius 3 is 2.94 bits per heavy atom. The van der Waals surface area contributed by atoms with E-state index in [4.69, 9.17) is 16.7 Å². The average Bonchev–Trinajstić information content (AvgIpc) is 2.27. The standard InChI is InChI=1S/C12H10ClNO2/c13-12-10-7-8(2-4-11(15)16)1-3-9(10)5-6-14-12/h1,3,5-7H,2,4H2,(H,15,16). The monoisotopic (exact) mass is 235 g/mol.